The highest BCUT2D eigenvalue weighted by Crippen LogP contribution is 2.27. The van der Waals surface area contributed by atoms with Gasteiger partial charge in [0.2, 0.25) is 0 Å². The fraction of sp³-hybridized carbons (Fsp3) is 0.190. The average molecular weight is 392 g/mol. The second-order valence-corrected chi connectivity index (χ2v) is 7.64. The Morgan fingerprint density at radius 3 is 2.75 bits per heavy atom. The molecule has 0 saturated carbocycles. The highest BCUT2D eigenvalue weighted by atomic mass is 32.1. The van der Waals surface area contributed by atoms with Gasteiger partial charge in [-0.15, -0.1) is 11.3 Å². The van der Waals surface area contributed by atoms with E-state index in [2.05, 4.69) is 22.4 Å². The lowest BCUT2D eigenvalue weighted by Crippen LogP contribution is -2.30. The molecule has 1 aromatic carbocycles. The molecule has 1 amide bonds. The number of carbonyl (C=O) groups is 1. The van der Waals surface area contributed by atoms with Crippen molar-refractivity contribution in [3.05, 3.63) is 78.1 Å². The molecule has 6 nitrogen and oxygen atoms in total. The van der Waals surface area contributed by atoms with Crippen LogP contribution < -0.4 is 5.32 Å². The predicted molar refractivity (Wildman–Crippen MR) is 111 cm³/mol. The highest BCUT2D eigenvalue weighted by molar-refractivity contribution is 7.13. The zero-order chi connectivity index (χ0) is 19.3. The number of nitrogens with one attached hydrogen (secondary N) is 1. The number of hydrogen-bond acceptors (Lipinski definition) is 4. The summed E-state index contributed by atoms with van der Waals surface area (Å²) in [6.45, 7) is 3.42. The maximum atomic E-state index is 12.9. The minimum atomic E-state index is -0.113. The van der Waals surface area contributed by atoms with Gasteiger partial charge in [-0.05, 0) is 35.6 Å². The van der Waals surface area contributed by atoms with E-state index in [1.54, 1.807) is 28.4 Å². The van der Waals surface area contributed by atoms with E-state index in [9.17, 15) is 4.79 Å². The maximum Gasteiger partial charge on any atom is 0.255 e. The molecule has 3 aromatic heterocycles. The van der Waals surface area contributed by atoms with Crippen molar-refractivity contribution in [1.29, 1.82) is 0 Å². The minimum absolute atomic E-state index is 0.113. The van der Waals surface area contributed by atoms with Crippen molar-refractivity contribution >= 4 is 17.2 Å². The fourth-order valence-corrected chi connectivity index (χ4v) is 3.73. The molecule has 0 saturated heterocycles. The number of amides is 1. The third-order valence-electron chi connectivity index (χ3n) is 4.40. The monoisotopic (exact) mass is 391 g/mol. The number of rotatable bonds is 7. The standard InChI is InChI=1S/C21H21N5OS/c1-16(14-25-11-6-10-23-25)13-22-21(27)18-15-26(17-7-3-2-4-8-17)24-20(18)19-9-5-12-28-19/h2-12,15-16H,13-14H2,1H3,(H,22,27). The molecular weight excluding hydrogens is 370 g/mol. The van der Waals surface area contributed by atoms with E-state index in [0.717, 1.165) is 17.1 Å². The highest BCUT2D eigenvalue weighted by Gasteiger charge is 2.19. The van der Waals surface area contributed by atoms with Gasteiger partial charge < -0.3 is 5.32 Å². The zero-order valence-electron chi connectivity index (χ0n) is 15.5. The number of nitrogens with zero attached hydrogens (tertiary/aromatic N) is 4. The fourth-order valence-electron chi connectivity index (χ4n) is 3.00. The summed E-state index contributed by atoms with van der Waals surface area (Å²) < 4.78 is 3.64. The lowest BCUT2D eigenvalue weighted by molar-refractivity contribution is 0.0947. The molecule has 4 rings (SSSR count). The number of aromatic nitrogens is 4. The molecule has 4 aromatic rings. The summed E-state index contributed by atoms with van der Waals surface area (Å²) in [6, 6.07) is 15.7. The minimum Gasteiger partial charge on any atom is -0.352 e. The lowest BCUT2D eigenvalue weighted by atomic mass is 10.1. The quantitative estimate of drug-likeness (QED) is 0.520. The van der Waals surface area contributed by atoms with Crippen LogP contribution in [0.3, 0.4) is 0 Å². The van der Waals surface area contributed by atoms with Gasteiger partial charge in [0, 0.05) is 31.7 Å². The average Bonchev–Trinajstić information content (AvgIpc) is 3.47. The van der Waals surface area contributed by atoms with Gasteiger partial charge in [0.15, 0.2) is 0 Å². The van der Waals surface area contributed by atoms with Crippen molar-refractivity contribution in [2.24, 2.45) is 5.92 Å². The predicted octanol–water partition coefficient (Wildman–Crippen LogP) is 3.86. The van der Waals surface area contributed by atoms with Crippen molar-refractivity contribution in [2.75, 3.05) is 6.54 Å². The van der Waals surface area contributed by atoms with Crippen LogP contribution in [0.2, 0.25) is 0 Å². The molecule has 0 spiro atoms. The Labute approximate surface area is 167 Å². The summed E-state index contributed by atoms with van der Waals surface area (Å²) in [7, 11) is 0. The van der Waals surface area contributed by atoms with Crippen LogP contribution in [0, 0.1) is 5.92 Å². The van der Waals surface area contributed by atoms with Crippen LogP contribution in [0.25, 0.3) is 16.3 Å². The molecule has 142 valence electrons. The molecule has 1 unspecified atom stereocenters. The van der Waals surface area contributed by atoms with E-state index >= 15 is 0 Å². The van der Waals surface area contributed by atoms with Crippen molar-refractivity contribution in [3.63, 3.8) is 0 Å². The van der Waals surface area contributed by atoms with E-state index in [-0.39, 0.29) is 11.8 Å². The first kappa shape index (κ1) is 18.2. The Kier molecular flexibility index (Phi) is 5.34. The first-order chi connectivity index (χ1) is 13.7. The summed E-state index contributed by atoms with van der Waals surface area (Å²) in [4.78, 5) is 13.9. The first-order valence-electron chi connectivity index (χ1n) is 9.15. The molecule has 0 aliphatic heterocycles. The van der Waals surface area contributed by atoms with Gasteiger partial charge in [0.05, 0.1) is 16.1 Å². The van der Waals surface area contributed by atoms with Crippen LogP contribution in [-0.4, -0.2) is 32.0 Å². The normalized spacial score (nSPS) is 12.0. The van der Waals surface area contributed by atoms with Crippen LogP contribution in [0.5, 0.6) is 0 Å². The number of carbonyl (C=O) groups excluding carboxylic acids is 1. The molecule has 3 heterocycles. The Bertz CT molecular complexity index is 1020. The van der Waals surface area contributed by atoms with E-state index in [4.69, 9.17) is 0 Å². The van der Waals surface area contributed by atoms with Crippen LogP contribution in [0.1, 0.15) is 17.3 Å². The molecule has 1 atom stereocenters. The Hall–Kier alpha value is -3.19. The summed E-state index contributed by atoms with van der Waals surface area (Å²) >= 11 is 1.58. The van der Waals surface area contributed by atoms with Gasteiger partial charge in [-0.1, -0.05) is 31.2 Å². The Balaban J connectivity index is 1.53. The summed E-state index contributed by atoms with van der Waals surface area (Å²) in [5.41, 5.74) is 2.21. The topological polar surface area (TPSA) is 64.7 Å². The van der Waals surface area contributed by atoms with Crippen LogP contribution in [-0.2, 0) is 6.54 Å². The maximum absolute atomic E-state index is 12.9. The number of hydrogen-bond donors (Lipinski definition) is 1. The van der Waals surface area contributed by atoms with Gasteiger partial charge in [0.1, 0.15) is 5.69 Å². The molecule has 0 radical (unpaired) electrons. The van der Waals surface area contributed by atoms with Crippen molar-refractivity contribution < 1.29 is 4.79 Å². The molecule has 0 aliphatic carbocycles. The van der Waals surface area contributed by atoms with Crippen molar-refractivity contribution in [1.82, 2.24) is 24.9 Å². The Morgan fingerprint density at radius 2 is 2.04 bits per heavy atom. The molecule has 1 N–H and O–H groups in total. The summed E-state index contributed by atoms with van der Waals surface area (Å²) in [6.07, 6.45) is 5.49. The SMILES string of the molecule is CC(CNC(=O)c1cn(-c2ccccc2)nc1-c1cccs1)Cn1cccn1. The second kappa shape index (κ2) is 8.22. The first-order valence-corrected chi connectivity index (χ1v) is 10.0. The van der Waals surface area contributed by atoms with E-state index in [1.165, 1.54) is 0 Å². The second-order valence-electron chi connectivity index (χ2n) is 6.69. The van der Waals surface area contributed by atoms with E-state index in [0.29, 0.717) is 17.8 Å². The number of thiophene rings is 1. The van der Waals surface area contributed by atoms with E-state index < -0.39 is 0 Å². The van der Waals surface area contributed by atoms with Gasteiger partial charge in [0.25, 0.3) is 5.91 Å². The number of benzene rings is 1. The third kappa shape index (κ3) is 4.04. The van der Waals surface area contributed by atoms with Gasteiger partial charge >= 0.3 is 0 Å². The van der Waals surface area contributed by atoms with Crippen LogP contribution in [0.15, 0.2) is 72.5 Å². The number of para-hydroxylation sites is 1. The molecule has 0 aliphatic rings. The molecule has 0 bridgehead atoms. The molecule has 7 heteroatoms. The van der Waals surface area contributed by atoms with Crippen LogP contribution >= 0.6 is 11.3 Å². The van der Waals surface area contributed by atoms with Crippen LogP contribution in [0.4, 0.5) is 0 Å². The van der Waals surface area contributed by atoms with Crippen molar-refractivity contribution in [2.45, 2.75) is 13.5 Å². The molecule has 0 fully saturated rings. The largest absolute Gasteiger partial charge is 0.352 e. The molecule has 28 heavy (non-hydrogen) atoms. The third-order valence-corrected chi connectivity index (χ3v) is 5.28. The smallest absolute Gasteiger partial charge is 0.255 e. The lowest BCUT2D eigenvalue weighted by Gasteiger charge is -2.12. The summed E-state index contributed by atoms with van der Waals surface area (Å²) in [5, 5.41) is 13.9. The van der Waals surface area contributed by atoms with Gasteiger partial charge in [-0.25, -0.2) is 4.68 Å². The summed E-state index contributed by atoms with van der Waals surface area (Å²) in [5.74, 6) is 0.149. The van der Waals surface area contributed by atoms with Gasteiger partial charge in [-0.3, -0.25) is 9.48 Å². The molecular formula is C21H21N5OS. The van der Waals surface area contributed by atoms with Crippen molar-refractivity contribution in [3.8, 4) is 16.3 Å². The van der Waals surface area contributed by atoms with Gasteiger partial charge in [-0.2, -0.15) is 10.2 Å². The zero-order valence-corrected chi connectivity index (χ0v) is 16.3. The van der Waals surface area contributed by atoms with E-state index in [1.807, 2.05) is 64.8 Å². The Morgan fingerprint density at radius 1 is 1.18 bits per heavy atom.